The zero-order valence-corrected chi connectivity index (χ0v) is 13.6. The first-order chi connectivity index (χ1) is 10.4. The van der Waals surface area contributed by atoms with E-state index in [1.807, 2.05) is 0 Å². The molecule has 0 aromatic carbocycles. The molecule has 0 aliphatic rings. The minimum Gasteiger partial charge on any atom is -0.481 e. The Kier molecular flexibility index (Phi) is 11.1. The van der Waals surface area contributed by atoms with E-state index in [2.05, 4.69) is 12.2 Å². The number of amides is 1. The lowest BCUT2D eigenvalue weighted by molar-refractivity contribution is -0.143. The Bertz CT molecular complexity index is 356. The number of carboxylic acids is 2. The summed E-state index contributed by atoms with van der Waals surface area (Å²) >= 11 is 0. The van der Waals surface area contributed by atoms with Crippen LogP contribution >= 0.6 is 0 Å². The number of hydrogen-bond donors (Lipinski definition) is 3. The van der Waals surface area contributed by atoms with Crippen molar-refractivity contribution < 1.29 is 24.6 Å². The molecule has 2 unspecified atom stereocenters. The Labute approximate surface area is 132 Å². The lowest BCUT2D eigenvalue weighted by Gasteiger charge is -2.17. The van der Waals surface area contributed by atoms with Gasteiger partial charge in [-0.3, -0.25) is 9.59 Å². The first kappa shape index (κ1) is 20.4. The van der Waals surface area contributed by atoms with Gasteiger partial charge in [0, 0.05) is 12.3 Å². The van der Waals surface area contributed by atoms with Gasteiger partial charge in [0.05, 0.1) is 0 Å². The topological polar surface area (TPSA) is 104 Å². The van der Waals surface area contributed by atoms with Gasteiger partial charge in [0.25, 0.3) is 0 Å². The number of hydrogen-bond acceptors (Lipinski definition) is 3. The maximum Gasteiger partial charge on any atom is 0.326 e. The van der Waals surface area contributed by atoms with Gasteiger partial charge < -0.3 is 15.5 Å². The quantitative estimate of drug-likeness (QED) is 0.453. The molecule has 6 heteroatoms. The van der Waals surface area contributed by atoms with Crippen LogP contribution < -0.4 is 5.32 Å². The molecule has 1 amide bonds. The van der Waals surface area contributed by atoms with Crippen molar-refractivity contribution in [1.82, 2.24) is 5.32 Å². The number of aliphatic carboxylic acids is 2. The number of carboxylic acid groups (broad SMARTS) is 2. The van der Waals surface area contributed by atoms with Crippen molar-refractivity contribution in [3.63, 3.8) is 0 Å². The highest BCUT2D eigenvalue weighted by Gasteiger charge is 2.23. The second-order valence-electron chi connectivity index (χ2n) is 5.79. The highest BCUT2D eigenvalue weighted by atomic mass is 16.4. The summed E-state index contributed by atoms with van der Waals surface area (Å²) in [5.74, 6) is -2.83. The molecule has 2 atom stereocenters. The van der Waals surface area contributed by atoms with Gasteiger partial charge in [0.2, 0.25) is 5.91 Å². The number of carbonyl (C=O) groups excluding carboxylic acids is 1. The first-order valence-electron chi connectivity index (χ1n) is 8.13. The van der Waals surface area contributed by atoms with Crippen LogP contribution in [0.5, 0.6) is 0 Å². The van der Waals surface area contributed by atoms with E-state index in [-0.39, 0.29) is 24.7 Å². The fourth-order valence-electron chi connectivity index (χ4n) is 2.20. The molecule has 6 nitrogen and oxygen atoms in total. The molecule has 0 aliphatic carbocycles. The number of carbonyl (C=O) groups is 3. The lowest BCUT2D eigenvalue weighted by Crippen LogP contribution is -2.43. The van der Waals surface area contributed by atoms with Crippen LogP contribution in [-0.2, 0) is 14.4 Å². The molecular formula is C16H29NO5. The molecule has 0 rings (SSSR count). The van der Waals surface area contributed by atoms with Gasteiger partial charge in [0.15, 0.2) is 0 Å². The molecule has 0 aromatic rings. The highest BCUT2D eigenvalue weighted by molar-refractivity contribution is 5.85. The Hall–Kier alpha value is -1.59. The van der Waals surface area contributed by atoms with Gasteiger partial charge >= 0.3 is 11.9 Å². The smallest absolute Gasteiger partial charge is 0.326 e. The van der Waals surface area contributed by atoms with E-state index >= 15 is 0 Å². The minimum atomic E-state index is -1.19. The second-order valence-corrected chi connectivity index (χ2v) is 5.79. The maximum absolute atomic E-state index is 11.9. The van der Waals surface area contributed by atoms with Crippen molar-refractivity contribution in [3.05, 3.63) is 0 Å². The van der Waals surface area contributed by atoms with Crippen LogP contribution in [0.2, 0.25) is 0 Å². The van der Waals surface area contributed by atoms with Gasteiger partial charge in [-0.25, -0.2) is 4.79 Å². The van der Waals surface area contributed by atoms with E-state index in [0.29, 0.717) is 0 Å². The summed E-state index contributed by atoms with van der Waals surface area (Å²) < 4.78 is 0. The Morgan fingerprint density at radius 1 is 0.955 bits per heavy atom. The SMILES string of the molecule is CCCCCCCCC(C)C(=O)NC(CCC(=O)O)C(=O)O. The molecule has 0 aliphatic heterocycles. The zero-order valence-electron chi connectivity index (χ0n) is 13.6. The predicted octanol–water partition coefficient (Wildman–Crippen LogP) is 2.81. The van der Waals surface area contributed by atoms with Crippen molar-refractivity contribution >= 4 is 17.8 Å². The molecule has 0 saturated heterocycles. The van der Waals surface area contributed by atoms with E-state index < -0.39 is 18.0 Å². The van der Waals surface area contributed by atoms with Crippen LogP contribution in [-0.4, -0.2) is 34.1 Å². The number of rotatable bonds is 13. The van der Waals surface area contributed by atoms with Crippen LogP contribution in [0.1, 0.15) is 71.6 Å². The van der Waals surface area contributed by atoms with Gasteiger partial charge in [-0.05, 0) is 12.8 Å². The molecule has 0 fully saturated rings. The Morgan fingerprint density at radius 2 is 1.55 bits per heavy atom. The van der Waals surface area contributed by atoms with Crippen molar-refractivity contribution in [2.24, 2.45) is 5.92 Å². The number of unbranched alkanes of at least 4 members (excludes halogenated alkanes) is 5. The summed E-state index contributed by atoms with van der Waals surface area (Å²) in [5, 5.41) is 20.0. The van der Waals surface area contributed by atoms with Crippen LogP contribution in [0.3, 0.4) is 0 Å². The predicted molar refractivity (Wildman–Crippen MR) is 83.6 cm³/mol. The van der Waals surface area contributed by atoms with Crippen molar-refractivity contribution in [3.8, 4) is 0 Å². The molecule has 0 spiro atoms. The van der Waals surface area contributed by atoms with Crippen LogP contribution in [0.15, 0.2) is 0 Å². The molecule has 0 aromatic heterocycles. The van der Waals surface area contributed by atoms with Crippen LogP contribution in [0.4, 0.5) is 0 Å². The summed E-state index contributed by atoms with van der Waals surface area (Å²) in [4.78, 5) is 33.5. The van der Waals surface area contributed by atoms with Crippen molar-refractivity contribution in [2.75, 3.05) is 0 Å². The molecule has 22 heavy (non-hydrogen) atoms. The van der Waals surface area contributed by atoms with Gasteiger partial charge in [-0.1, -0.05) is 52.4 Å². The van der Waals surface area contributed by atoms with E-state index in [0.717, 1.165) is 19.3 Å². The van der Waals surface area contributed by atoms with Crippen LogP contribution in [0, 0.1) is 5.92 Å². The summed E-state index contributed by atoms with van der Waals surface area (Å²) in [5.41, 5.74) is 0. The van der Waals surface area contributed by atoms with E-state index in [1.54, 1.807) is 6.92 Å². The molecule has 0 radical (unpaired) electrons. The third-order valence-corrected chi connectivity index (χ3v) is 3.70. The fourth-order valence-corrected chi connectivity index (χ4v) is 2.20. The van der Waals surface area contributed by atoms with E-state index in [9.17, 15) is 14.4 Å². The van der Waals surface area contributed by atoms with Gasteiger partial charge in [-0.2, -0.15) is 0 Å². The molecule has 128 valence electrons. The third kappa shape index (κ3) is 10.2. The fraction of sp³-hybridized carbons (Fsp3) is 0.812. The van der Waals surface area contributed by atoms with E-state index in [1.165, 1.54) is 25.7 Å². The van der Waals surface area contributed by atoms with E-state index in [4.69, 9.17) is 10.2 Å². The average Bonchev–Trinajstić information content (AvgIpc) is 2.45. The normalized spacial score (nSPS) is 13.4. The monoisotopic (exact) mass is 315 g/mol. The Morgan fingerprint density at radius 3 is 2.09 bits per heavy atom. The minimum absolute atomic E-state index is 0.0971. The van der Waals surface area contributed by atoms with Crippen molar-refractivity contribution in [1.29, 1.82) is 0 Å². The molecule has 3 N–H and O–H groups in total. The van der Waals surface area contributed by atoms with Crippen molar-refractivity contribution in [2.45, 2.75) is 77.7 Å². The zero-order chi connectivity index (χ0) is 17.0. The molecule has 0 bridgehead atoms. The molecular weight excluding hydrogens is 286 g/mol. The first-order valence-corrected chi connectivity index (χ1v) is 8.13. The summed E-state index contributed by atoms with van der Waals surface area (Å²) in [7, 11) is 0. The average molecular weight is 315 g/mol. The van der Waals surface area contributed by atoms with Gasteiger partial charge in [0.1, 0.15) is 6.04 Å². The molecule has 0 saturated carbocycles. The highest BCUT2D eigenvalue weighted by Crippen LogP contribution is 2.13. The maximum atomic E-state index is 11.9. The second kappa shape index (κ2) is 12.0. The number of nitrogens with one attached hydrogen (secondary N) is 1. The summed E-state index contributed by atoms with van der Waals surface area (Å²) in [6.07, 6.45) is 7.20. The van der Waals surface area contributed by atoms with Gasteiger partial charge in [-0.15, -0.1) is 0 Å². The summed E-state index contributed by atoms with van der Waals surface area (Å²) in [6.45, 7) is 3.94. The third-order valence-electron chi connectivity index (χ3n) is 3.70. The van der Waals surface area contributed by atoms with Crippen LogP contribution in [0.25, 0.3) is 0 Å². The molecule has 0 heterocycles. The lowest BCUT2D eigenvalue weighted by atomic mass is 10.0. The Balaban J connectivity index is 4.03. The standard InChI is InChI=1S/C16H29NO5/c1-3-4-5-6-7-8-9-12(2)15(20)17-13(16(21)22)10-11-14(18)19/h12-13H,3-11H2,1-2H3,(H,17,20)(H,18,19)(H,21,22). The largest absolute Gasteiger partial charge is 0.481 e. The summed E-state index contributed by atoms with van der Waals surface area (Å²) in [6, 6.07) is -1.13.